The molecule has 2 heterocycles. The molecule has 2 saturated heterocycles. The minimum Gasteiger partial charge on any atom is -0.381 e. The minimum atomic E-state index is 0.872. The normalized spacial score (nSPS) is 25.6. The zero-order chi connectivity index (χ0) is 10.3. The van der Waals surface area contributed by atoms with Crippen LogP contribution in [0, 0.1) is 11.8 Å². The lowest BCUT2D eigenvalue weighted by Crippen LogP contribution is -2.32. The first kappa shape index (κ1) is 11.7. The summed E-state index contributed by atoms with van der Waals surface area (Å²) in [4.78, 5) is 0. The molecule has 2 aliphatic heterocycles. The second kappa shape index (κ2) is 6.77. The largest absolute Gasteiger partial charge is 0.381 e. The highest BCUT2D eigenvalue weighted by molar-refractivity contribution is 7.99. The molecule has 0 unspecified atom stereocenters. The van der Waals surface area contributed by atoms with Crippen LogP contribution in [-0.2, 0) is 4.74 Å². The van der Waals surface area contributed by atoms with Crippen molar-refractivity contribution in [1.82, 2.24) is 5.32 Å². The number of ether oxygens (including phenoxy) is 1. The van der Waals surface area contributed by atoms with Gasteiger partial charge in [0.15, 0.2) is 0 Å². The Balaban J connectivity index is 1.53. The fourth-order valence-corrected chi connectivity index (χ4v) is 3.60. The van der Waals surface area contributed by atoms with Crippen LogP contribution in [0.15, 0.2) is 0 Å². The monoisotopic (exact) mass is 229 g/mol. The first-order valence-corrected chi connectivity index (χ1v) is 7.47. The molecule has 0 aromatic rings. The molecule has 0 bridgehead atoms. The van der Waals surface area contributed by atoms with Gasteiger partial charge in [-0.2, -0.15) is 11.8 Å². The second-order valence-electron chi connectivity index (χ2n) is 4.77. The Bertz CT molecular complexity index is 147. The Labute approximate surface area is 97.5 Å². The maximum atomic E-state index is 5.37. The van der Waals surface area contributed by atoms with Gasteiger partial charge in [-0.15, -0.1) is 0 Å². The van der Waals surface area contributed by atoms with Crippen LogP contribution >= 0.6 is 11.8 Å². The van der Waals surface area contributed by atoms with Crippen molar-refractivity contribution in [3.8, 4) is 0 Å². The maximum absolute atomic E-state index is 5.37. The van der Waals surface area contributed by atoms with E-state index < -0.39 is 0 Å². The Kier molecular flexibility index (Phi) is 5.30. The third kappa shape index (κ3) is 4.33. The van der Waals surface area contributed by atoms with E-state index in [4.69, 9.17) is 4.74 Å². The molecule has 0 aliphatic carbocycles. The zero-order valence-electron chi connectivity index (χ0n) is 9.54. The van der Waals surface area contributed by atoms with Gasteiger partial charge in [-0.1, -0.05) is 0 Å². The summed E-state index contributed by atoms with van der Waals surface area (Å²) in [7, 11) is 0. The van der Waals surface area contributed by atoms with Crippen LogP contribution in [0.4, 0.5) is 0 Å². The van der Waals surface area contributed by atoms with Crippen molar-refractivity contribution >= 4 is 11.8 Å². The molecule has 0 atom stereocenters. The first-order chi connectivity index (χ1) is 7.45. The lowest BCUT2D eigenvalue weighted by atomic mass is 9.99. The molecular formula is C12H23NOS. The van der Waals surface area contributed by atoms with E-state index in [0.717, 1.165) is 25.0 Å². The highest BCUT2D eigenvalue weighted by Gasteiger charge is 2.16. The summed E-state index contributed by atoms with van der Waals surface area (Å²) in [5.41, 5.74) is 0. The first-order valence-electron chi connectivity index (χ1n) is 6.31. The summed E-state index contributed by atoms with van der Waals surface area (Å²) in [6.45, 7) is 4.42. The van der Waals surface area contributed by atoms with E-state index in [-0.39, 0.29) is 0 Å². The average Bonchev–Trinajstić information content (AvgIpc) is 2.32. The summed E-state index contributed by atoms with van der Waals surface area (Å²) >= 11 is 2.12. The molecule has 3 heteroatoms. The molecule has 2 nitrogen and oxygen atoms in total. The summed E-state index contributed by atoms with van der Waals surface area (Å²) in [6.07, 6.45) is 5.36. The van der Waals surface area contributed by atoms with Gasteiger partial charge in [-0.3, -0.25) is 0 Å². The Morgan fingerprint density at radius 1 is 0.933 bits per heavy atom. The van der Waals surface area contributed by atoms with Gasteiger partial charge in [0.05, 0.1) is 0 Å². The lowest BCUT2D eigenvalue weighted by Gasteiger charge is -2.25. The van der Waals surface area contributed by atoms with Crippen LogP contribution < -0.4 is 5.32 Å². The van der Waals surface area contributed by atoms with E-state index in [1.165, 1.54) is 50.3 Å². The molecule has 15 heavy (non-hydrogen) atoms. The van der Waals surface area contributed by atoms with Crippen LogP contribution in [0.25, 0.3) is 0 Å². The van der Waals surface area contributed by atoms with E-state index in [2.05, 4.69) is 17.1 Å². The van der Waals surface area contributed by atoms with Crippen molar-refractivity contribution in [2.75, 3.05) is 37.8 Å². The molecule has 0 amide bonds. The van der Waals surface area contributed by atoms with Gasteiger partial charge in [-0.05, 0) is 62.1 Å². The molecule has 0 radical (unpaired) electrons. The van der Waals surface area contributed by atoms with E-state index in [9.17, 15) is 0 Å². The van der Waals surface area contributed by atoms with Crippen molar-refractivity contribution in [3.63, 3.8) is 0 Å². The topological polar surface area (TPSA) is 21.3 Å². The summed E-state index contributed by atoms with van der Waals surface area (Å²) < 4.78 is 5.37. The van der Waals surface area contributed by atoms with E-state index >= 15 is 0 Å². The van der Waals surface area contributed by atoms with Gasteiger partial charge in [-0.25, -0.2) is 0 Å². The van der Waals surface area contributed by atoms with Gasteiger partial charge in [0.25, 0.3) is 0 Å². The van der Waals surface area contributed by atoms with E-state index in [1.807, 2.05) is 0 Å². The van der Waals surface area contributed by atoms with Crippen molar-refractivity contribution < 1.29 is 4.74 Å². The van der Waals surface area contributed by atoms with Gasteiger partial charge in [0.1, 0.15) is 0 Å². The highest BCUT2D eigenvalue weighted by Crippen LogP contribution is 2.22. The van der Waals surface area contributed by atoms with Gasteiger partial charge in [0, 0.05) is 13.2 Å². The molecule has 2 aliphatic rings. The fourth-order valence-electron chi connectivity index (χ4n) is 2.39. The Hall–Kier alpha value is 0.270. The predicted molar refractivity (Wildman–Crippen MR) is 66.5 cm³/mol. The smallest absolute Gasteiger partial charge is 0.0469 e. The molecule has 0 spiro atoms. The summed E-state index contributed by atoms with van der Waals surface area (Å²) in [5, 5.41) is 3.66. The standard InChI is InChI=1S/C12H23NOS/c1-5-14-6-2-11(1)9-13-10-12-3-7-15-8-4-12/h11-13H,1-10H2. The number of rotatable bonds is 4. The summed E-state index contributed by atoms with van der Waals surface area (Å²) in [6, 6.07) is 0. The van der Waals surface area contributed by atoms with Crippen LogP contribution in [0.1, 0.15) is 25.7 Å². The van der Waals surface area contributed by atoms with E-state index in [0.29, 0.717) is 0 Å². The Morgan fingerprint density at radius 3 is 2.20 bits per heavy atom. The molecule has 88 valence electrons. The molecular weight excluding hydrogens is 206 g/mol. The van der Waals surface area contributed by atoms with Crippen LogP contribution in [0.2, 0.25) is 0 Å². The second-order valence-corrected chi connectivity index (χ2v) is 5.99. The molecule has 1 N–H and O–H groups in total. The maximum Gasteiger partial charge on any atom is 0.0469 e. The lowest BCUT2D eigenvalue weighted by molar-refractivity contribution is 0.0660. The number of hydrogen-bond acceptors (Lipinski definition) is 3. The van der Waals surface area contributed by atoms with Gasteiger partial charge >= 0.3 is 0 Å². The van der Waals surface area contributed by atoms with Crippen molar-refractivity contribution in [2.24, 2.45) is 11.8 Å². The number of hydrogen-bond donors (Lipinski definition) is 1. The van der Waals surface area contributed by atoms with Crippen molar-refractivity contribution in [3.05, 3.63) is 0 Å². The number of nitrogens with one attached hydrogen (secondary N) is 1. The van der Waals surface area contributed by atoms with Crippen LogP contribution in [0.5, 0.6) is 0 Å². The highest BCUT2D eigenvalue weighted by atomic mass is 32.2. The van der Waals surface area contributed by atoms with Gasteiger partial charge in [0.2, 0.25) is 0 Å². The van der Waals surface area contributed by atoms with Gasteiger partial charge < -0.3 is 10.1 Å². The van der Waals surface area contributed by atoms with Crippen LogP contribution in [-0.4, -0.2) is 37.8 Å². The molecule has 2 fully saturated rings. The molecule has 0 aromatic heterocycles. The average molecular weight is 229 g/mol. The third-order valence-corrected chi connectivity index (χ3v) is 4.60. The third-order valence-electron chi connectivity index (χ3n) is 3.55. The fraction of sp³-hybridized carbons (Fsp3) is 1.00. The quantitative estimate of drug-likeness (QED) is 0.798. The summed E-state index contributed by atoms with van der Waals surface area (Å²) in [5.74, 6) is 4.58. The predicted octanol–water partition coefficient (Wildman–Crippen LogP) is 2.15. The van der Waals surface area contributed by atoms with Crippen LogP contribution in [0.3, 0.4) is 0 Å². The SMILES string of the molecule is C1CC(CNCC2CCSCC2)CCO1. The zero-order valence-corrected chi connectivity index (χ0v) is 10.4. The molecule has 0 aromatic carbocycles. The van der Waals surface area contributed by atoms with Crippen molar-refractivity contribution in [1.29, 1.82) is 0 Å². The molecule has 0 saturated carbocycles. The Morgan fingerprint density at radius 2 is 1.53 bits per heavy atom. The van der Waals surface area contributed by atoms with Crippen molar-refractivity contribution in [2.45, 2.75) is 25.7 Å². The number of thioether (sulfide) groups is 1. The minimum absolute atomic E-state index is 0.872. The molecule has 2 rings (SSSR count). The van der Waals surface area contributed by atoms with E-state index in [1.54, 1.807) is 0 Å².